The van der Waals surface area contributed by atoms with Crippen molar-refractivity contribution in [3.05, 3.63) is 57.6 Å². The van der Waals surface area contributed by atoms with Crippen LogP contribution in [-0.4, -0.2) is 4.21 Å². The van der Waals surface area contributed by atoms with Gasteiger partial charge in [-0.2, -0.15) is 0 Å². The molecule has 1 unspecified atom stereocenters. The molecule has 0 saturated heterocycles. The van der Waals surface area contributed by atoms with Crippen LogP contribution < -0.4 is 5.73 Å². The van der Waals surface area contributed by atoms with E-state index in [9.17, 15) is 4.21 Å². The molecule has 19 heavy (non-hydrogen) atoms. The Bertz CT molecular complexity index is 643. The zero-order valence-electron chi connectivity index (χ0n) is 10.3. The molecular formula is C14H13Cl2NOS. The van der Waals surface area contributed by atoms with Crippen molar-refractivity contribution in [2.24, 2.45) is 0 Å². The van der Waals surface area contributed by atoms with Gasteiger partial charge in [0.1, 0.15) is 0 Å². The lowest BCUT2D eigenvalue weighted by Gasteiger charge is -2.09. The van der Waals surface area contributed by atoms with E-state index in [4.69, 9.17) is 28.9 Å². The van der Waals surface area contributed by atoms with E-state index in [1.807, 2.05) is 25.1 Å². The zero-order chi connectivity index (χ0) is 14.0. The minimum atomic E-state index is -1.25. The SMILES string of the molecule is Cc1c(N)cccc1CS(=O)c1cc(Cl)ccc1Cl. The highest BCUT2D eigenvalue weighted by molar-refractivity contribution is 7.84. The first kappa shape index (κ1) is 14.4. The summed E-state index contributed by atoms with van der Waals surface area (Å²) in [6.07, 6.45) is 0. The molecule has 0 aliphatic heterocycles. The van der Waals surface area contributed by atoms with Crippen molar-refractivity contribution in [2.45, 2.75) is 17.6 Å². The molecule has 0 heterocycles. The van der Waals surface area contributed by atoms with Gasteiger partial charge in [0.15, 0.2) is 0 Å². The van der Waals surface area contributed by atoms with Crippen molar-refractivity contribution >= 4 is 39.7 Å². The first-order valence-corrected chi connectivity index (χ1v) is 7.74. The average molecular weight is 314 g/mol. The molecule has 2 nitrogen and oxygen atoms in total. The van der Waals surface area contributed by atoms with Crippen LogP contribution in [0, 0.1) is 6.92 Å². The fourth-order valence-corrected chi connectivity index (χ4v) is 3.64. The Hall–Kier alpha value is -1.03. The van der Waals surface area contributed by atoms with Crippen molar-refractivity contribution in [2.75, 3.05) is 5.73 Å². The molecule has 1 atom stereocenters. The minimum absolute atomic E-state index is 0.372. The standard InChI is InChI=1S/C14H13Cl2NOS/c1-9-10(3-2-4-13(9)17)8-19(18)14-7-11(15)5-6-12(14)16/h2-7H,8,17H2,1H3. The lowest BCUT2D eigenvalue weighted by molar-refractivity contribution is 0.682. The Labute approximate surface area is 125 Å². The molecule has 5 heteroatoms. The summed E-state index contributed by atoms with van der Waals surface area (Å²) in [7, 11) is -1.25. The van der Waals surface area contributed by atoms with Gasteiger partial charge in [-0.1, -0.05) is 35.3 Å². The first-order valence-electron chi connectivity index (χ1n) is 5.66. The number of hydrogen-bond acceptors (Lipinski definition) is 2. The van der Waals surface area contributed by atoms with Gasteiger partial charge in [-0.15, -0.1) is 0 Å². The number of hydrogen-bond donors (Lipinski definition) is 1. The predicted molar refractivity (Wildman–Crippen MR) is 82.2 cm³/mol. The summed E-state index contributed by atoms with van der Waals surface area (Å²) in [4.78, 5) is 0.552. The molecule has 0 amide bonds. The van der Waals surface area contributed by atoms with Crippen LogP contribution >= 0.6 is 23.2 Å². The molecule has 0 aliphatic carbocycles. The number of benzene rings is 2. The summed E-state index contributed by atoms with van der Waals surface area (Å²) in [5.74, 6) is 0.372. The van der Waals surface area contributed by atoms with Gasteiger partial charge in [0.05, 0.1) is 26.5 Å². The van der Waals surface area contributed by atoms with Crippen LogP contribution in [0.15, 0.2) is 41.3 Å². The van der Waals surface area contributed by atoms with Gasteiger partial charge in [0, 0.05) is 10.7 Å². The molecule has 2 aromatic rings. The molecule has 0 aliphatic rings. The van der Waals surface area contributed by atoms with Crippen molar-refractivity contribution in [3.63, 3.8) is 0 Å². The van der Waals surface area contributed by atoms with Crippen LogP contribution in [0.5, 0.6) is 0 Å². The number of nitrogen functional groups attached to an aromatic ring is 1. The molecule has 0 bridgehead atoms. The Kier molecular flexibility index (Phi) is 4.50. The van der Waals surface area contributed by atoms with E-state index in [1.54, 1.807) is 18.2 Å². The van der Waals surface area contributed by atoms with Crippen LogP contribution in [0.1, 0.15) is 11.1 Å². The van der Waals surface area contributed by atoms with Crippen LogP contribution in [-0.2, 0) is 16.6 Å². The highest BCUT2D eigenvalue weighted by atomic mass is 35.5. The molecule has 2 rings (SSSR count). The van der Waals surface area contributed by atoms with Crippen molar-refractivity contribution in [1.29, 1.82) is 0 Å². The Morgan fingerprint density at radius 2 is 1.95 bits per heavy atom. The van der Waals surface area contributed by atoms with Gasteiger partial charge >= 0.3 is 0 Å². The number of anilines is 1. The maximum Gasteiger partial charge on any atom is 0.0592 e. The zero-order valence-corrected chi connectivity index (χ0v) is 12.6. The van der Waals surface area contributed by atoms with E-state index >= 15 is 0 Å². The second-order valence-corrected chi connectivity index (χ2v) is 6.46. The van der Waals surface area contributed by atoms with E-state index in [0.717, 1.165) is 11.1 Å². The monoisotopic (exact) mass is 313 g/mol. The fourth-order valence-electron chi connectivity index (χ4n) is 1.73. The Balaban J connectivity index is 2.31. The second-order valence-electron chi connectivity index (χ2n) is 4.20. The predicted octanol–water partition coefficient (Wildman–Crippen LogP) is 4.19. The highest BCUT2D eigenvalue weighted by Crippen LogP contribution is 2.26. The molecular weight excluding hydrogens is 301 g/mol. The summed E-state index contributed by atoms with van der Waals surface area (Å²) < 4.78 is 12.4. The summed E-state index contributed by atoms with van der Waals surface area (Å²) in [5.41, 5.74) is 8.45. The van der Waals surface area contributed by atoms with Gasteiger partial charge in [-0.25, -0.2) is 0 Å². The first-order chi connectivity index (χ1) is 8.99. The number of halogens is 2. The summed E-state index contributed by atoms with van der Waals surface area (Å²) >= 11 is 12.0. The Morgan fingerprint density at radius 3 is 2.68 bits per heavy atom. The maximum atomic E-state index is 12.4. The van der Waals surface area contributed by atoms with Gasteiger partial charge in [0.25, 0.3) is 0 Å². The fraction of sp³-hybridized carbons (Fsp3) is 0.143. The topological polar surface area (TPSA) is 43.1 Å². The molecule has 0 aromatic heterocycles. The van der Waals surface area contributed by atoms with E-state index < -0.39 is 10.8 Å². The van der Waals surface area contributed by atoms with E-state index in [0.29, 0.717) is 26.4 Å². The van der Waals surface area contributed by atoms with Crippen LogP contribution in [0.2, 0.25) is 10.0 Å². The van der Waals surface area contributed by atoms with Crippen LogP contribution in [0.3, 0.4) is 0 Å². The molecule has 0 fully saturated rings. The molecule has 2 aromatic carbocycles. The highest BCUT2D eigenvalue weighted by Gasteiger charge is 2.12. The van der Waals surface area contributed by atoms with Crippen molar-refractivity contribution < 1.29 is 4.21 Å². The van der Waals surface area contributed by atoms with Gasteiger partial charge in [-0.3, -0.25) is 4.21 Å². The van der Waals surface area contributed by atoms with E-state index in [1.165, 1.54) is 0 Å². The molecule has 0 saturated carbocycles. The van der Waals surface area contributed by atoms with Crippen LogP contribution in [0.25, 0.3) is 0 Å². The number of nitrogens with two attached hydrogens (primary N) is 1. The van der Waals surface area contributed by atoms with Crippen molar-refractivity contribution in [3.8, 4) is 0 Å². The largest absolute Gasteiger partial charge is 0.399 e. The quantitative estimate of drug-likeness (QED) is 0.863. The lowest BCUT2D eigenvalue weighted by Crippen LogP contribution is -2.01. The van der Waals surface area contributed by atoms with E-state index in [2.05, 4.69) is 0 Å². The van der Waals surface area contributed by atoms with Crippen LogP contribution in [0.4, 0.5) is 5.69 Å². The minimum Gasteiger partial charge on any atom is -0.399 e. The maximum absolute atomic E-state index is 12.4. The molecule has 0 radical (unpaired) electrons. The summed E-state index contributed by atoms with van der Waals surface area (Å²) in [6, 6.07) is 10.6. The smallest absolute Gasteiger partial charge is 0.0592 e. The van der Waals surface area contributed by atoms with Gasteiger partial charge in [-0.05, 0) is 42.3 Å². The lowest BCUT2D eigenvalue weighted by atomic mass is 10.1. The third kappa shape index (κ3) is 3.30. The average Bonchev–Trinajstić information content (AvgIpc) is 2.38. The molecule has 100 valence electrons. The van der Waals surface area contributed by atoms with Gasteiger partial charge in [0.2, 0.25) is 0 Å². The third-order valence-electron chi connectivity index (χ3n) is 2.91. The Morgan fingerprint density at radius 1 is 1.21 bits per heavy atom. The second kappa shape index (κ2) is 5.95. The number of rotatable bonds is 3. The molecule has 2 N–H and O–H groups in total. The van der Waals surface area contributed by atoms with Crippen molar-refractivity contribution in [1.82, 2.24) is 0 Å². The third-order valence-corrected chi connectivity index (χ3v) is 4.99. The summed E-state index contributed by atoms with van der Waals surface area (Å²) in [6.45, 7) is 1.92. The van der Waals surface area contributed by atoms with Gasteiger partial charge < -0.3 is 5.73 Å². The van der Waals surface area contributed by atoms with E-state index in [-0.39, 0.29) is 0 Å². The summed E-state index contributed by atoms with van der Waals surface area (Å²) in [5, 5.41) is 0.987. The normalized spacial score (nSPS) is 12.4. The molecule has 0 spiro atoms.